The van der Waals surface area contributed by atoms with Gasteiger partial charge >= 0.3 is 5.69 Å². The van der Waals surface area contributed by atoms with E-state index in [-0.39, 0.29) is 17.4 Å². The van der Waals surface area contributed by atoms with Gasteiger partial charge in [0, 0.05) is 6.07 Å². The van der Waals surface area contributed by atoms with Crippen molar-refractivity contribution in [2.24, 2.45) is 0 Å². The molecule has 0 spiro atoms. The Kier molecular flexibility index (Phi) is 3.40. The lowest BCUT2D eigenvalue weighted by atomic mass is 10.2. The van der Waals surface area contributed by atoms with Crippen LogP contribution in [0, 0.1) is 27.3 Å². The molecule has 5 nitrogen and oxygen atoms in total. The molecule has 1 aromatic carbocycles. The first-order valence-electron chi connectivity index (χ1n) is 4.50. The number of nitro groups is 1. The van der Waals surface area contributed by atoms with E-state index in [9.17, 15) is 14.5 Å². The Balaban J connectivity index is 3.30. The average Bonchev–Trinajstić information content (AvgIpc) is 2.18. The number of ether oxygens (including phenoxy) is 1. The van der Waals surface area contributed by atoms with Crippen molar-refractivity contribution in [2.45, 2.75) is 20.0 Å². The maximum Gasteiger partial charge on any atom is 0.308 e. The third kappa shape index (κ3) is 2.45. The predicted octanol–water partition coefficient (Wildman–Crippen LogP) is 2.39. The second-order valence-corrected chi connectivity index (χ2v) is 3.34. The van der Waals surface area contributed by atoms with E-state index in [1.165, 1.54) is 0 Å². The van der Waals surface area contributed by atoms with E-state index < -0.39 is 16.4 Å². The van der Waals surface area contributed by atoms with Crippen molar-refractivity contribution in [3.63, 3.8) is 0 Å². The Morgan fingerprint density at radius 1 is 1.56 bits per heavy atom. The third-order valence-corrected chi connectivity index (χ3v) is 1.73. The molecule has 0 aliphatic carbocycles. The lowest BCUT2D eigenvalue weighted by Crippen LogP contribution is -2.07. The summed E-state index contributed by atoms with van der Waals surface area (Å²) < 4.78 is 18.3. The molecule has 0 fully saturated rings. The molecule has 0 saturated heterocycles. The summed E-state index contributed by atoms with van der Waals surface area (Å²) in [6.07, 6.45) is -0.253. The molecule has 0 N–H and O–H groups in total. The summed E-state index contributed by atoms with van der Waals surface area (Å²) in [5.74, 6) is -1.02. The van der Waals surface area contributed by atoms with Crippen LogP contribution in [0.1, 0.15) is 19.4 Å². The Morgan fingerprint density at radius 3 is 2.62 bits per heavy atom. The molecule has 0 amide bonds. The molecule has 1 aromatic rings. The van der Waals surface area contributed by atoms with E-state index in [0.29, 0.717) is 0 Å². The standard InChI is InChI=1S/C10H9FN2O3/c1-6(2)16-10-4-9(13(14)15)8(11)3-7(10)5-12/h3-4,6H,1-2H3. The molecule has 0 radical (unpaired) electrons. The maximum absolute atomic E-state index is 13.2. The highest BCUT2D eigenvalue weighted by Crippen LogP contribution is 2.28. The van der Waals surface area contributed by atoms with E-state index >= 15 is 0 Å². The van der Waals surface area contributed by atoms with Crippen molar-refractivity contribution in [3.05, 3.63) is 33.6 Å². The largest absolute Gasteiger partial charge is 0.489 e. The molecule has 0 aromatic heterocycles. The van der Waals surface area contributed by atoms with Crippen molar-refractivity contribution >= 4 is 5.69 Å². The molecule has 84 valence electrons. The fourth-order valence-corrected chi connectivity index (χ4v) is 1.12. The molecular formula is C10H9FN2O3. The van der Waals surface area contributed by atoms with Crippen LogP contribution in [-0.4, -0.2) is 11.0 Å². The van der Waals surface area contributed by atoms with Gasteiger partial charge in [0.25, 0.3) is 0 Å². The minimum atomic E-state index is -1.04. The Bertz CT molecular complexity index is 466. The predicted molar refractivity (Wildman–Crippen MR) is 53.5 cm³/mol. The first kappa shape index (κ1) is 11.9. The van der Waals surface area contributed by atoms with Gasteiger partial charge in [-0.05, 0) is 13.8 Å². The summed E-state index contributed by atoms with van der Waals surface area (Å²) in [6, 6.07) is 3.45. The number of nitriles is 1. The number of nitrogens with zero attached hydrogens (tertiary/aromatic N) is 2. The summed E-state index contributed by atoms with van der Waals surface area (Å²) in [7, 11) is 0. The van der Waals surface area contributed by atoms with Gasteiger partial charge < -0.3 is 4.74 Å². The van der Waals surface area contributed by atoms with Crippen LogP contribution in [0.2, 0.25) is 0 Å². The monoisotopic (exact) mass is 224 g/mol. The Hall–Kier alpha value is -2.16. The zero-order valence-electron chi connectivity index (χ0n) is 8.73. The molecule has 0 unspecified atom stereocenters. The highest BCUT2D eigenvalue weighted by molar-refractivity contribution is 5.51. The maximum atomic E-state index is 13.2. The van der Waals surface area contributed by atoms with Gasteiger partial charge in [-0.15, -0.1) is 0 Å². The van der Waals surface area contributed by atoms with Crippen LogP contribution in [0.15, 0.2) is 12.1 Å². The quantitative estimate of drug-likeness (QED) is 0.583. The summed E-state index contributed by atoms with van der Waals surface area (Å²) in [5, 5.41) is 19.2. The van der Waals surface area contributed by atoms with E-state index in [4.69, 9.17) is 10.00 Å². The minimum Gasteiger partial charge on any atom is -0.489 e. The molecule has 0 aliphatic rings. The smallest absolute Gasteiger partial charge is 0.308 e. The van der Waals surface area contributed by atoms with Crippen LogP contribution in [0.25, 0.3) is 0 Å². The number of halogens is 1. The molecular weight excluding hydrogens is 215 g/mol. The first-order valence-corrected chi connectivity index (χ1v) is 4.50. The highest BCUT2D eigenvalue weighted by atomic mass is 19.1. The molecule has 0 heterocycles. The zero-order chi connectivity index (χ0) is 12.3. The van der Waals surface area contributed by atoms with Crippen molar-refractivity contribution in [1.82, 2.24) is 0 Å². The van der Waals surface area contributed by atoms with Gasteiger partial charge in [0.15, 0.2) is 0 Å². The summed E-state index contributed by atoms with van der Waals surface area (Å²) in [4.78, 5) is 9.63. The number of rotatable bonds is 3. The van der Waals surface area contributed by atoms with Gasteiger partial charge in [-0.3, -0.25) is 10.1 Å². The van der Waals surface area contributed by atoms with E-state index in [1.54, 1.807) is 19.9 Å². The van der Waals surface area contributed by atoms with Gasteiger partial charge in [0.2, 0.25) is 5.82 Å². The van der Waals surface area contributed by atoms with Gasteiger partial charge in [-0.1, -0.05) is 0 Å². The van der Waals surface area contributed by atoms with Crippen LogP contribution in [-0.2, 0) is 0 Å². The van der Waals surface area contributed by atoms with Crippen LogP contribution in [0.3, 0.4) is 0 Å². The molecule has 1 rings (SSSR count). The Morgan fingerprint density at radius 2 is 2.19 bits per heavy atom. The van der Waals surface area contributed by atoms with Crippen LogP contribution >= 0.6 is 0 Å². The van der Waals surface area contributed by atoms with Gasteiger partial charge in [0.05, 0.1) is 22.7 Å². The lowest BCUT2D eigenvalue weighted by molar-refractivity contribution is -0.387. The second kappa shape index (κ2) is 4.57. The van der Waals surface area contributed by atoms with Gasteiger partial charge in [-0.2, -0.15) is 9.65 Å². The van der Waals surface area contributed by atoms with Crippen LogP contribution in [0.4, 0.5) is 10.1 Å². The fourth-order valence-electron chi connectivity index (χ4n) is 1.12. The molecule has 6 heteroatoms. The third-order valence-electron chi connectivity index (χ3n) is 1.73. The number of benzene rings is 1. The molecule has 0 atom stereocenters. The van der Waals surface area contributed by atoms with Crippen LogP contribution < -0.4 is 4.74 Å². The molecule has 0 aliphatic heterocycles. The van der Waals surface area contributed by atoms with Crippen molar-refractivity contribution < 1.29 is 14.1 Å². The Labute approximate surface area is 91.2 Å². The topological polar surface area (TPSA) is 76.2 Å². The van der Waals surface area contributed by atoms with Gasteiger partial charge in [0.1, 0.15) is 11.8 Å². The summed E-state index contributed by atoms with van der Waals surface area (Å²) in [5.41, 5.74) is -0.758. The highest BCUT2D eigenvalue weighted by Gasteiger charge is 2.19. The van der Waals surface area contributed by atoms with Crippen molar-refractivity contribution in [2.75, 3.05) is 0 Å². The second-order valence-electron chi connectivity index (χ2n) is 3.34. The zero-order valence-corrected chi connectivity index (χ0v) is 8.73. The van der Waals surface area contributed by atoms with Crippen LogP contribution in [0.5, 0.6) is 5.75 Å². The lowest BCUT2D eigenvalue weighted by Gasteiger charge is -2.10. The van der Waals surface area contributed by atoms with E-state index in [2.05, 4.69) is 0 Å². The van der Waals surface area contributed by atoms with Crippen molar-refractivity contribution in [3.8, 4) is 11.8 Å². The summed E-state index contributed by atoms with van der Waals surface area (Å²) in [6.45, 7) is 3.41. The van der Waals surface area contributed by atoms with Gasteiger partial charge in [-0.25, -0.2) is 0 Å². The average molecular weight is 224 g/mol. The summed E-state index contributed by atoms with van der Waals surface area (Å²) >= 11 is 0. The fraction of sp³-hybridized carbons (Fsp3) is 0.300. The SMILES string of the molecule is CC(C)Oc1cc([N+](=O)[O-])c(F)cc1C#N. The molecule has 16 heavy (non-hydrogen) atoms. The number of hydrogen-bond acceptors (Lipinski definition) is 4. The normalized spacial score (nSPS) is 9.94. The van der Waals surface area contributed by atoms with E-state index in [1.807, 2.05) is 0 Å². The molecule has 0 bridgehead atoms. The molecule has 0 saturated carbocycles. The first-order chi connectivity index (χ1) is 7.45. The number of nitro benzene ring substituents is 1. The van der Waals surface area contributed by atoms with E-state index in [0.717, 1.165) is 12.1 Å². The number of hydrogen-bond donors (Lipinski definition) is 0. The van der Waals surface area contributed by atoms with Crippen molar-refractivity contribution in [1.29, 1.82) is 5.26 Å². The minimum absolute atomic E-state index is 0.0191.